The molecular weight excluding hydrogens is 224 g/mol. The Hall–Kier alpha value is -0.0800. The van der Waals surface area contributed by atoms with E-state index in [-0.39, 0.29) is 17.1 Å². The lowest BCUT2D eigenvalue weighted by Gasteiger charge is -2.43. The van der Waals surface area contributed by atoms with Gasteiger partial charge >= 0.3 is 0 Å². The van der Waals surface area contributed by atoms with Crippen LogP contribution in [0.2, 0.25) is 0 Å². The topological polar surface area (TPSA) is 29.5 Å². The van der Waals surface area contributed by atoms with Crippen molar-refractivity contribution in [2.24, 2.45) is 11.3 Å². The molecule has 0 heterocycles. The number of hydrogen-bond acceptors (Lipinski definition) is 2. The zero-order valence-electron chi connectivity index (χ0n) is 13.0. The van der Waals surface area contributed by atoms with E-state index in [0.717, 1.165) is 31.6 Å². The molecule has 108 valence electrons. The van der Waals surface area contributed by atoms with Crippen molar-refractivity contribution in [2.45, 2.75) is 84.8 Å². The molecule has 1 rings (SSSR count). The minimum absolute atomic E-state index is 0.257. The van der Waals surface area contributed by atoms with Crippen LogP contribution in [0.5, 0.6) is 0 Å². The van der Waals surface area contributed by atoms with E-state index in [4.69, 9.17) is 4.74 Å². The number of aliphatic hydroxyl groups is 1. The molecule has 0 radical (unpaired) electrons. The Balaban J connectivity index is 2.60. The second kappa shape index (κ2) is 6.38. The molecule has 0 spiro atoms. The van der Waals surface area contributed by atoms with Gasteiger partial charge in [0.2, 0.25) is 0 Å². The maximum Gasteiger partial charge on any atom is 0.0940 e. The highest BCUT2D eigenvalue weighted by atomic mass is 16.5. The molecule has 1 saturated carbocycles. The van der Waals surface area contributed by atoms with E-state index in [2.05, 4.69) is 27.7 Å². The van der Waals surface area contributed by atoms with Gasteiger partial charge in [0, 0.05) is 6.61 Å². The average molecular weight is 256 g/mol. The van der Waals surface area contributed by atoms with Crippen LogP contribution in [0.25, 0.3) is 0 Å². The SMILES string of the molecule is CCOC1(C(O)CCC(C)(C)C)CCC(C)CC1. The summed E-state index contributed by atoms with van der Waals surface area (Å²) in [6.45, 7) is 11.7. The van der Waals surface area contributed by atoms with Crippen molar-refractivity contribution in [3.05, 3.63) is 0 Å². The molecule has 2 nitrogen and oxygen atoms in total. The Labute approximate surface area is 113 Å². The zero-order valence-corrected chi connectivity index (χ0v) is 13.0. The third-order valence-corrected chi connectivity index (χ3v) is 4.33. The molecular formula is C16H32O2. The van der Waals surface area contributed by atoms with Gasteiger partial charge in [-0.3, -0.25) is 0 Å². The summed E-state index contributed by atoms with van der Waals surface area (Å²) in [5.41, 5.74) is 0.0306. The van der Waals surface area contributed by atoms with Gasteiger partial charge in [-0.2, -0.15) is 0 Å². The lowest BCUT2D eigenvalue weighted by Crippen LogP contribution is -2.48. The van der Waals surface area contributed by atoms with Crippen LogP contribution in [0.3, 0.4) is 0 Å². The Morgan fingerprint density at radius 3 is 2.28 bits per heavy atom. The summed E-state index contributed by atoms with van der Waals surface area (Å²) in [4.78, 5) is 0. The van der Waals surface area contributed by atoms with E-state index >= 15 is 0 Å². The van der Waals surface area contributed by atoms with Crippen LogP contribution in [0.15, 0.2) is 0 Å². The molecule has 0 bridgehead atoms. The molecule has 1 N–H and O–H groups in total. The van der Waals surface area contributed by atoms with Crippen molar-refractivity contribution in [1.29, 1.82) is 0 Å². The van der Waals surface area contributed by atoms with Gasteiger partial charge in [-0.05, 0) is 56.8 Å². The van der Waals surface area contributed by atoms with Crippen LogP contribution in [0.1, 0.15) is 73.1 Å². The summed E-state index contributed by atoms with van der Waals surface area (Å²) in [5.74, 6) is 0.786. The Morgan fingerprint density at radius 1 is 1.28 bits per heavy atom. The number of ether oxygens (including phenoxy) is 1. The molecule has 1 atom stereocenters. The van der Waals surface area contributed by atoms with E-state index in [1.54, 1.807) is 0 Å². The minimum atomic E-state index is -0.302. The number of rotatable bonds is 5. The number of aliphatic hydroxyl groups excluding tert-OH is 1. The molecule has 0 aromatic rings. The fourth-order valence-corrected chi connectivity index (χ4v) is 2.94. The maximum atomic E-state index is 10.6. The van der Waals surface area contributed by atoms with Gasteiger partial charge in [0.05, 0.1) is 11.7 Å². The smallest absolute Gasteiger partial charge is 0.0940 e. The highest BCUT2D eigenvalue weighted by Crippen LogP contribution is 2.39. The zero-order chi connectivity index (χ0) is 13.8. The van der Waals surface area contributed by atoms with Gasteiger partial charge < -0.3 is 9.84 Å². The van der Waals surface area contributed by atoms with Gasteiger partial charge in [0.15, 0.2) is 0 Å². The molecule has 0 aromatic carbocycles. The number of hydrogen-bond donors (Lipinski definition) is 1. The third-order valence-electron chi connectivity index (χ3n) is 4.33. The lowest BCUT2D eigenvalue weighted by atomic mass is 9.74. The summed E-state index contributed by atoms with van der Waals surface area (Å²) in [6.07, 6.45) is 6.03. The van der Waals surface area contributed by atoms with Crippen molar-refractivity contribution in [2.75, 3.05) is 6.61 Å². The van der Waals surface area contributed by atoms with Crippen molar-refractivity contribution < 1.29 is 9.84 Å². The van der Waals surface area contributed by atoms with E-state index in [9.17, 15) is 5.11 Å². The maximum absolute atomic E-state index is 10.6. The largest absolute Gasteiger partial charge is 0.390 e. The normalized spacial score (nSPS) is 31.3. The second-order valence-electron chi connectivity index (χ2n) is 7.30. The summed E-state index contributed by atoms with van der Waals surface area (Å²) >= 11 is 0. The molecule has 0 saturated heterocycles. The summed E-state index contributed by atoms with van der Waals surface area (Å²) < 4.78 is 6.00. The van der Waals surface area contributed by atoms with Crippen LogP contribution >= 0.6 is 0 Å². The van der Waals surface area contributed by atoms with E-state index in [1.165, 1.54) is 12.8 Å². The van der Waals surface area contributed by atoms with E-state index in [1.807, 2.05) is 6.92 Å². The Bertz CT molecular complexity index is 234. The van der Waals surface area contributed by atoms with E-state index < -0.39 is 0 Å². The van der Waals surface area contributed by atoms with Crippen LogP contribution < -0.4 is 0 Å². The van der Waals surface area contributed by atoms with Crippen LogP contribution in [-0.4, -0.2) is 23.4 Å². The Kier molecular flexibility index (Phi) is 5.67. The van der Waals surface area contributed by atoms with Gasteiger partial charge in [0.1, 0.15) is 0 Å². The predicted molar refractivity (Wildman–Crippen MR) is 76.7 cm³/mol. The quantitative estimate of drug-likeness (QED) is 0.800. The predicted octanol–water partition coefficient (Wildman–Crippen LogP) is 4.16. The van der Waals surface area contributed by atoms with Crippen molar-refractivity contribution in [3.63, 3.8) is 0 Å². The van der Waals surface area contributed by atoms with Crippen LogP contribution in [-0.2, 0) is 4.74 Å². The van der Waals surface area contributed by atoms with Gasteiger partial charge in [-0.15, -0.1) is 0 Å². The third kappa shape index (κ3) is 4.55. The monoisotopic (exact) mass is 256 g/mol. The van der Waals surface area contributed by atoms with Crippen molar-refractivity contribution in [1.82, 2.24) is 0 Å². The first-order valence-electron chi connectivity index (χ1n) is 7.61. The summed E-state index contributed by atoms with van der Waals surface area (Å²) in [5, 5.41) is 10.6. The van der Waals surface area contributed by atoms with E-state index in [0.29, 0.717) is 6.61 Å². The highest BCUT2D eigenvalue weighted by Gasteiger charge is 2.41. The second-order valence-corrected chi connectivity index (χ2v) is 7.30. The fourth-order valence-electron chi connectivity index (χ4n) is 2.94. The molecule has 1 unspecified atom stereocenters. The van der Waals surface area contributed by atoms with Crippen molar-refractivity contribution in [3.8, 4) is 0 Å². The van der Waals surface area contributed by atoms with Crippen molar-refractivity contribution >= 4 is 0 Å². The minimum Gasteiger partial charge on any atom is -0.390 e. The average Bonchev–Trinajstić information content (AvgIpc) is 2.28. The first kappa shape index (κ1) is 16.0. The van der Waals surface area contributed by atoms with Crippen LogP contribution in [0, 0.1) is 11.3 Å². The standard InChI is InChI=1S/C16H32O2/c1-6-18-16(11-7-13(2)8-12-16)14(17)9-10-15(3,4)5/h13-14,17H,6-12H2,1-5H3. The molecule has 18 heavy (non-hydrogen) atoms. The molecule has 1 aliphatic carbocycles. The molecule has 0 aliphatic heterocycles. The van der Waals surface area contributed by atoms with Gasteiger partial charge in [0.25, 0.3) is 0 Å². The highest BCUT2D eigenvalue weighted by molar-refractivity contribution is 4.93. The molecule has 1 fully saturated rings. The first-order valence-corrected chi connectivity index (χ1v) is 7.61. The van der Waals surface area contributed by atoms with Gasteiger partial charge in [-0.25, -0.2) is 0 Å². The van der Waals surface area contributed by atoms with Gasteiger partial charge in [-0.1, -0.05) is 27.7 Å². The lowest BCUT2D eigenvalue weighted by molar-refractivity contribution is -0.147. The molecule has 2 heteroatoms. The molecule has 0 amide bonds. The molecule has 0 aromatic heterocycles. The first-order chi connectivity index (χ1) is 8.29. The van der Waals surface area contributed by atoms with Crippen LogP contribution in [0.4, 0.5) is 0 Å². The fraction of sp³-hybridized carbons (Fsp3) is 1.00. The summed E-state index contributed by atoms with van der Waals surface area (Å²) in [6, 6.07) is 0. The Morgan fingerprint density at radius 2 is 1.83 bits per heavy atom. The molecule has 1 aliphatic rings. The summed E-state index contributed by atoms with van der Waals surface area (Å²) in [7, 11) is 0.